The number of aliphatic hydroxyl groups excluding tert-OH is 3. The van der Waals surface area contributed by atoms with Crippen LogP contribution in [0.15, 0.2) is 0 Å². The van der Waals surface area contributed by atoms with Crippen LogP contribution in [0.4, 0.5) is 0 Å². The summed E-state index contributed by atoms with van der Waals surface area (Å²) in [7, 11) is -3.27. The topological polar surface area (TPSA) is 88.4 Å². The van der Waals surface area contributed by atoms with E-state index in [1.807, 2.05) is 0 Å². The molecule has 0 aromatic rings. The summed E-state index contributed by atoms with van der Waals surface area (Å²) in [6.07, 6.45) is -5.43. The monoisotopic (exact) mass is 394 g/mol. The molecule has 0 saturated carbocycles. The van der Waals surface area contributed by atoms with Gasteiger partial charge in [0.25, 0.3) is 0 Å². The summed E-state index contributed by atoms with van der Waals surface area (Å²) in [6.45, 7) is 18.0. The Kier molecular flexibility index (Phi) is 7.87. The first-order chi connectivity index (χ1) is 11.2. The Bertz CT molecular complexity index is 418. The smallest absolute Gasteiger partial charge is 0.192 e. The Balaban J connectivity index is 2.67. The highest BCUT2D eigenvalue weighted by molar-refractivity contribution is 6.76. The molecule has 5 atom stereocenters. The number of rotatable bonds is 7. The van der Waals surface area contributed by atoms with Crippen LogP contribution in [0.5, 0.6) is 0 Å². The van der Waals surface area contributed by atoms with E-state index in [1.54, 1.807) is 0 Å². The van der Waals surface area contributed by atoms with Crippen molar-refractivity contribution in [3.05, 3.63) is 0 Å². The van der Waals surface area contributed by atoms with E-state index < -0.39 is 47.1 Å². The van der Waals surface area contributed by atoms with Gasteiger partial charge in [-0.05, 0) is 24.2 Å². The van der Waals surface area contributed by atoms with Crippen molar-refractivity contribution in [3.8, 4) is 0 Å². The van der Waals surface area contributed by atoms with Gasteiger partial charge in [0, 0.05) is 14.7 Å². The van der Waals surface area contributed by atoms with E-state index >= 15 is 0 Å². The minimum absolute atomic E-state index is 0.0397. The molecule has 1 aliphatic heterocycles. The van der Waals surface area contributed by atoms with Gasteiger partial charge in [0.05, 0.1) is 6.61 Å². The molecule has 150 valence electrons. The Morgan fingerprint density at radius 3 is 1.96 bits per heavy atom. The van der Waals surface area contributed by atoms with Gasteiger partial charge in [-0.3, -0.25) is 0 Å². The van der Waals surface area contributed by atoms with Gasteiger partial charge >= 0.3 is 0 Å². The van der Waals surface area contributed by atoms with Gasteiger partial charge in [-0.25, -0.2) is 0 Å². The largest absolute Gasteiger partial charge is 0.414 e. The molecular weight excluding hydrogens is 356 g/mol. The number of aliphatic hydroxyl groups is 3. The summed E-state index contributed by atoms with van der Waals surface area (Å²) in [5.41, 5.74) is 0. The first kappa shape index (κ1) is 23.2. The minimum atomic E-state index is -2.00. The van der Waals surface area contributed by atoms with Crippen molar-refractivity contribution >= 4 is 16.4 Å². The van der Waals surface area contributed by atoms with Crippen LogP contribution in [-0.2, 0) is 13.9 Å². The van der Waals surface area contributed by atoms with E-state index in [9.17, 15) is 15.3 Å². The second-order valence-electron chi connectivity index (χ2n) is 9.77. The fourth-order valence-electron chi connectivity index (χ4n) is 2.18. The van der Waals surface area contributed by atoms with Gasteiger partial charge in [-0.1, -0.05) is 40.4 Å². The number of hydrogen-bond donors (Lipinski definition) is 3. The van der Waals surface area contributed by atoms with Crippen LogP contribution in [0.3, 0.4) is 0 Å². The number of ether oxygens (including phenoxy) is 2. The molecule has 0 amide bonds. The van der Waals surface area contributed by atoms with Gasteiger partial charge in [0.15, 0.2) is 14.6 Å². The molecule has 1 aliphatic rings. The minimum Gasteiger partial charge on any atom is -0.414 e. The molecule has 0 spiro atoms. The third kappa shape index (κ3) is 6.69. The SMILES string of the molecule is CC(C)(C)[Si](C)(C)OC[C@H]1O[C@@H](OCC[Si](C)(C)C)[C@H](O)[C@@H](O)[C@H]1O. The fourth-order valence-corrected chi connectivity index (χ4v) is 3.92. The standard InChI is InChI=1S/C17H38O6Si2/c1-17(2,3)25(7,8)22-11-12-13(18)14(19)15(20)16(23-12)21-9-10-24(4,5)6/h12-16,18-20H,9-11H2,1-8H3/t12-,13+,14+,15-,16-/m1/s1. The van der Waals surface area contributed by atoms with E-state index in [2.05, 4.69) is 53.5 Å². The molecule has 0 unspecified atom stereocenters. The Morgan fingerprint density at radius 2 is 1.48 bits per heavy atom. The third-order valence-electron chi connectivity index (χ3n) is 5.22. The Labute approximate surface area is 154 Å². The quantitative estimate of drug-likeness (QED) is 0.574. The maximum Gasteiger partial charge on any atom is 0.192 e. The molecule has 1 saturated heterocycles. The molecule has 0 aromatic carbocycles. The van der Waals surface area contributed by atoms with Crippen LogP contribution >= 0.6 is 0 Å². The van der Waals surface area contributed by atoms with Crippen molar-refractivity contribution in [1.29, 1.82) is 0 Å². The third-order valence-corrected chi connectivity index (χ3v) is 11.4. The molecule has 1 fully saturated rings. The molecule has 0 aromatic heterocycles. The van der Waals surface area contributed by atoms with Crippen molar-refractivity contribution in [1.82, 2.24) is 0 Å². The highest BCUT2D eigenvalue weighted by Gasteiger charge is 2.46. The molecule has 0 aliphatic carbocycles. The van der Waals surface area contributed by atoms with Crippen LogP contribution in [-0.4, -0.2) is 75.6 Å². The predicted octanol–water partition coefficient (Wildman–Crippen LogP) is 2.17. The van der Waals surface area contributed by atoms with Gasteiger partial charge in [0.2, 0.25) is 0 Å². The summed E-state index contributed by atoms with van der Waals surface area (Å²) in [4.78, 5) is 0. The first-order valence-corrected chi connectivity index (χ1v) is 15.7. The van der Waals surface area contributed by atoms with E-state index in [-0.39, 0.29) is 11.6 Å². The van der Waals surface area contributed by atoms with E-state index in [0.717, 1.165) is 6.04 Å². The lowest BCUT2D eigenvalue weighted by Crippen LogP contribution is -2.60. The Hall–Kier alpha value is 0.194. The van der Waals surface area contributed by atoms with E-state index in [1.165, 1.54) is 0 Å². The lowest BCUT2D eigenvalue weighted by atomic mass is 9.99. The molecule has 1 heterocycles. The lowest BCUT2D eigenvalue weighted by Gasteiger charge is -2.43. The maximum atomic E-state index is 10.2. The molecule has 25 heavy (non-hydrogen) atoms. The molecular formula is C17H38O6Si2. The second-order valence-corrected chi connectivity index (χ2v) is 20.2. The second kappa shape index (κ2) is 8.47. The molecule has 0 radical (unpaired) electrons. The summed E-state index contributed by atoms with van der Waals surface area (Å²) in [6, 6.07) is 0.934. The zero-order valence-electron chi connectivity index (χ0n) is 17.1. The van der Waals surface area contributed by atoms with Crippen LogP contribution in [0.2, 0.25) is 43.8 Å². The molecule has 0 bridgehead atoms. The average Bonchev–Trinajstić information content (AvgIpc) is 2.43. The zero-order chi connectivity index (χ0) is 19.6. The van der Waals surface area contributed by atoms with E-state index in [0.29, 0.717) is 6.61 Å². The molecule has 1 rings (SSSR count). The first-order valence-electron chi connectivity index (χ1n) is 9.11. The van der Waals surface area contributed by atoms with Gasteiger partial charge < -0.3 is 29.2 Å². The van der Waals surface area contributed by atoms with Gasteiger partial charge in [-0.2, -0.15) is 0 Å². The molecule has 6 nitrogen and oxygen atoms in total. The van der Waals surface area contributed by atoms with Crippen molar-refractivity contribution < 1.29 is 29.2 Å². The molecule has 8 heteroatoms. The summed E-state index contributed by atoms with van der Waals surface area (Å²) in [5.74, 6) is 0. The highest BCUT2D eigenvalue weighted by atomic mass is 28.4. The van der Waals surface area contributed by atoms with Crippen molar-refractivity contribution in [2.24, 2.45) is 0 Å². The zero-order valence-corrected chi connectivity index (χ0v) is 19.1. The van der Waals surface area contributed by atoms with Crippen molar-refractivity contribution in [3.63, 3.8) is 0 Å². The van der Waals surface area contributed by atoms with Crippen molar-refractivity contribution in [2.75, 3.05) is 13.2 Å². The lowest BCUT2D eigenvalue weighted by molar-refractivity contribution is -0.299. The van der Waals surface area contributed by atoms with Crippen LogP contribution < -0.4 is 0 Å². The normalized spacial score (nSPS) is 32.0. The summed E-state index contributed by atoms with van der Waals surface area (Å²) in [5, 5.41) is 30.5. The van der Waals surface area contributed by atoms with Crippen molar-refractivity contribution in [2.45, 2.75) is 95.3 Å². The van der Waals surface area contributed by atoms with Gasteiger partial charge in [0.1, 0.15) is 24.4 Å². The Morgan fingerprint density at radius 1 is 0.920 bits per heavy atom. The van der Waals surface area contributed by atoms with Crippen LogP contribution in [0.1, 0.15) is 20.8 Å². The molecule has 3 N–H and O–H groups in total. The summed E-state index contributed by atoms with van der Waals surface area (Å²) < 4.78 is 17.5. The number of hydrogen-bond acceptors (Lipinski definition) is 6. The van der Waals surface area contributed by atoms with Crippen LogP contribution in [0.25, 0.3) is 0 Å². The summed E-state index contributed by atoms with van der Waals surface area (Å²) >= 11 is 0. The average molecular weight is 395 g/mol. The predicted molar refractivity (Wildman–Crippen MR) is 104 cm³/mol. The maximum absolute atomic E-state index is 10.2. The van der Waals surface area contributed by atoms with Crippen LogP contribution in [0, 0.1) is 0 Å². The highest BCUT2D eigenvalue weighted by Crippen LogP contribution is 2.37. The fraction of sp³-hybridized carbons (Fsp3) is 1.00. The van der Waals surface area contributed by atoms with Gasteiger partial charge in [-0.15, -0.1) is 0 Å². The van der Waals surface area contributed by atoms with E-state index in [4.69, 9.17) is 13.9 Å².